The van der Waals surface area contributed by atoms with Crippen LogP contribution >= 0.6 is 11.3 Å². The van der Waals surface area contributed by atoms with Crippen molar-refractivity contribution in [2.24, 2.45) is 0 Å². The third kappa shape index (κ3) is 2.85. The zero-order valence-electron chi connectivity index (χ0n) is 11.6. The number of carbonyl (C=O) groups is 1. The monoisotopic (exact) mass is 299 g/mol. The number of carbonyl (C=O) groups excluding carboxylic acids is 1. The van der Waals surface area contributed by atoms with Crippen molar-refractivity contribution < 1.29 is 9.32 Å². The molecule has 0 spiro atoms. The van der Waals surface area contributed by atoms with E-state index in [0.717, 1.165) is 15.4 Å². The van der Waals surface area contributed by atoms with Gasteiger partial charge in [0, 0.05) is 6.07 Å². The number of aromatic nitrogens is 2. The van der Waals surface area contributed by atoms with Gasteiger partial charge in [0.2, 0.25) is 0 Å². The number of hydrogen-bond donors (Lipinski definition) is 1. The summed E-state index contributed by atoms with van der Waals surface area (Å²) < 4.78 is 4.94. The lowest BCUT2D eigenvalue weighted by Gasteiger charge is -2.02. The van der Waals surface area contributed by atoms with Gasteiger partial charge in [0.25, 0.3) is 5.91 Å². The van der Waals surface area contributed by atoms with Gasteiger partial charge in [0.05, 0.1) is 9.88 Å². The zero-order valence-corrected chi connectivity index (χ0v) is 12.4. The van der Waals surface area contributed by atoms with Crippen LogP contribution in [-0.4, -0.2) is 16.0 Å². The van der Waals surface area contributed by atoms with Gasteiger partial charge in [0.15, 0.2) is 5.82 Å². The SMILES string of the molecule is Cc1cc(NC(=O)c2nc(C)sc2-c2ccccc2)no1. The second-order valence-corrected chi connectivity index (χ2v) is 5.76. The highest BCUT2D eigenvalue weighted by Crippen LogP contribution is 2.30. The van der Waals surface area contributed by atoms with Crippen molar-refractivity contribution in [3.8, 4) is 10.4 Å². The minimum Gasteiger partial charge on any atom is -0.360 e. The topological polar surface area (TPSA) is 68.0 Å². The standard InChI is InChI=1S/C15H13N3O2S/c1-9-8-12(18-20-9)17-15(19)13-14(21-10(2)16-13)11-6-4-3-5-7-11/h3-8H,1-2H3,(H,17,18,19). The first-order valence-electron chi connectivity index (χ1n) is 6.41. The molecule has 2 aromatic heterocycles. The van der Waals surface area contributed by atoms with Gasteiger partial charge in [0.1, 0.15) is 11.5 Å². The molecule has 0 bridgehead atoms. The molecule has 0 radical (unpaired) electrons. The van der Waals surface area contributed by atoms with Crippen LogP contribution in [0.4, 0.5) is 5.82 Å². The molecule has 6 heteroatoms. The molecule has 106 valence electrons. The summed E-state index contributed by atoms with van der Waals surface area (Å²) in [4.78, 5) is 17.6. The second kappa shape index (κ2) is 5.49. The van der Waals surface area contributed by atoms with Crippen molar-refractivity contribution in [2.75, 3.05) is 5.32 Å². The smallest absolute Gasteiger partial charge is 0.277 e. The van der Waals surface area contributed by atoms with E-state index in [2.05, 4.69) is 15.5 Å². The minimum absolute atomic E-state index is 0.286. The number of nitrogens with zero attached hydrogens (tertiary/aromatic N) is 2. The lowest BCUT2D eigenvalue weighted by molar-refractivity contribution is 0.102. The van der Waals surface area contributed by atoms with E-state index < -0.39 is 0 Å². The summed E-state index contributed by atoms with van der Waals surface area (Å²) in [5.74, 6) is 0.747. The molecule has 3 rings (SSSR count). The van der Waals surface area contributed by atoms with E-state index in [1.807, 2.05) is 37.3 Å². The van der Waals surface area contributed by atoms with Crippen molar-refractivity contribution in [2.45, 2.75) is 13.8 Å². The number of amides is 1. The molecule has 2 heterocycles. The number of hydrogen-bond acceptors (Lipinski definition) is 5. The van der Waals surface area contributed by atoms with E-state index in [0.29, 0.717) is 17.3 Å². The van der Waals surface area contributed by atoms with Crippen LogP contribution < -0.4 is 5.32 Å². The molecule has 1 amide bonds. The lowest BCUT2D eigenvalue weighted by Crippen LogP contribution is -2.13. The van der Waals surface area contributed by atoms with Gasteiger partial charge >= 0.3 is 0 Å². The first-order chi connectivity index (χ1) is 10.1. The van der Waals surface area contributed by atoms with Crippen molar-refractivity contribution >= 4 is 23.1 Å². The van der Waals surface area contributed by atoms with Gasteiger partial charge in [-0.2, -0.15) is 0 Å². The van der Waals surface area contributed by atoms with Gasteiger partial charge in [-0.15, -0.1) is 11.3 Å². The minimum atomic E-state index is -0.286. The first-order valence-corrected chi connectivity index (χ1v) is 7.22. The molecule has 3 aromatic rings. The molecule has 0 saturated carbocycles. The lowest BCUT2D eigenvalue weighted by atomic mass is 10.1. The normalized spacial score (nSPS) is 10.6. The Balaban J connectivity index is 1.93. The molecule has 0 unspecified atom stereocenters. The fourth-order valence-corrected chi connectivity index (χ4v) is 2.89. The predicted octanol–water partition coefficient (Wildman–Crippen LogP) is 3.67. The summed E-state index contributed by atoms with van der Waals surface area (Å²) in [6.45, 7) is 3.65. The molecule has 21 heavy (non-hydrogen) atoms. The van der Waals surface area contributed by atoms with E-state index in [-0.39, 0.29) is 5.91 Å². The molecule has 5 nitrogen and oxygen atoms in total. The van der Waals surface area contributed by atoms with Crippen LogP contribution in [-0.2, 0) is 0 Å². The third-order valence-electron chi connectivity index (χ3n) is 2.85. The molecule has 1 aromatic carbocycles. The van der Waals surface area contributed by atoms with Gasteiger partial charge in [-0.3, -0.25) is 4.79 Å². The largest absolute Gasteiger partial charge is 0.360 e. The van der Waals surface area contributed by atoms with E-state index in [1.54, 1.807) is 13.0 Å². The molecule has 0 aliphatic carbocycles. The van der Waals surface area contributed by atoms with Crippen LogP contribution in [0.5, 0.6) is 0 Å². The zero-order chi connectivity index (χ0) is 14.8. The van der Waals surface area contributed by atoms with Gasteiger partial charge in [-0.25, -0.2) is 4.98 Å². The Bertz CT molecular complexity index is 777. The van der Waals surface area contributed by atoms with E-state index in [4.69, 9.17) is 4.52 Å². The van der Waals surface area contributed by atoms with Crippen LogP contribution in [0.25, 0.3) is 10.4 Å². The Morgan fingerprint density at radius 2 is 2.00 bits per heavy atom. The summed E-state index contributed by atoms with van der Waals surface area (Å²) in [6.07, 6.45) is 0. The molecule has 1 N–H and O–H groups in total. The molecule has 0 atom stereocenters. The van der Waals surface area contributed by atoms with E-state index in [1.165, 1.54) is 11.3 Å². The van der Waals surface area contributed by atoms with Gasteiger partial charge in [-0.1, -0.05) is 35.5 Å². The fourth-order valence-electron chi connectivity index (χ4n) is 1.97. The summed E-state index contributed by atoms with van der Waals surface area (Å²) in [5, 5.41) is 7.30. The quantitative estimate of drug-likeness (QED) is 0.801. The fraction of sp³-hybridized carbons (Fsp3) is 0.133. The maximum Gasteiger partial charge on any atom is 0.277 e. The van der Waals surface area contributed by atoms with Crippen LogP contribution in [0, 0.1) is 13.8 Å². The van der Waals surface area contributed by atoms with Gasteiger partial charge < -0.3 is 9.84 Å². The maximum atomic E-state index is 12.4. The maximum absolute atomic E-state index is 12.4. The molecule has 0 fully saturated rings. The number of aryl methyl sites for hydroxylation is 2. The Morgan fingerprint density at radius 3 is 2.67 bits per heavy atom. The summed E-state index contributed by atoms with van der Waals surface area (Å²) in [6, 6.07) is 11.4. The van der Waals surface area contributed by atoms with Crippen molar-refractivity contribution in [1.29, 1.82) is 0 Å². The number of benzene rings is 1. The highest BCUT2D eigenvalue weighted by atomic mass is 32.1. The summed E-state index contributed by atoms with van der Waals surface area (Å²) in [7, 11) is 0. The second-order valence-electron chi connectivity index (χ2n) is 4.55. The van der Waals surface area contributed by atoms with Crippen LogP contribution in [0.3, 0.4) is 0 Å². The molecule has 0 aliphatic heterocycles. The highest BCUT2D eigenvalue weighted by Gasteiger charge is 2.19. The van der Waals surface area contributed by atoms with Crippen LogP contribution in [0.15, 0.2) is 40.9 Å². The number of anilines is 1. The molecular formula is C15H13N3O2S. The Kier molecular flexibility index (Phi) is 3.53. The average molecular weight is 299 g/mol. The van der Waals surface area contributed by atoms with Crippen LogP contribution in [0.2, 0.25) is 0 Å². The molecule has 0 saturated heterocycles. The summed E-state index contributed by atoms with van der Waals surface area (Å²) >= 11 is 1.50. The Morgan fingerprint density at radius 1 is 1.24 bits per heavy atom. The number of rotatable bonds is 3. The molecular weight excluding hydrogens is 286 g/mol. The number of nitrogens with one attached hydrogen (secondary N) is 1. The van der Waals surface area contributed by atoms with Crippen molar-refractivity contribution in [3.05, 3.63) is 52.9 Å². The van der Waals surface area contributed by atoms with Crippen LogP contribution in [0.1, 0.15) is 21.3 Å². The average Bonchev–Trinajstić information content (AvgIpc) is 3.06. The summed E-state index contributed by atoms with van der Waals surface area (Å²) in [5.41, 5.74) is 1.38. The van der Waals surface area contributed by atoms with Crippen molar-refractivity contribution in [1.82, 2.24) is 10.1 Å². The van der Waals surface area contributed by atoms with E-state index >= 15 is 0 Å². The van der Waals surface area contributed by atoms with Crippen molar-refractivity contribution in [3.63, 3.8) is 0 Å². The predicted molar refractivity (Wildman–Crippen MR) is 81.5 cm³/mol. The highest BCUT2D eigenvalue weighted by molar-refractivity contribution is 7.15. The third-order valence-corrected chi connectivity index (χ3v) is 3.87. The Hall–Kier alpha value is -2.47. The first kappa shape index (κ1) is 13.5. The Labute approximate surface area is 125 Å². The molecule has 0 aliphatic rings. The number of thiazole rings is 1. The van der Waals surface area contributed by atoms with Gasteiger partial charge in [-0.05, 0) is 19.4 Å². The van der Waals surface area contributed by atoms with E-state index in [9.17, 15) is 4.79 Å².